The maximum absolute atomic E-state index is 5.62. The third-order valence-electron chi connectivity index (χ3n) is 2.19. The van der Waals surface area contributed by atoms with Crippen LogP contribution in [-0.2, 0) is 11.3 Å². The predicted octanol–water partition coefficient (Wildman–Crippen LogP) is 2.52. The third-order valence-corrected chi connectivity index (χ3v) is 3.01. The van der Waals surface area contributed by atoms with Gasteiger partial charge in [-0.1, -0.05) is 0 Å². The molecule has 0 aliphatic heterocycles. The van der Waals surface area contributed by atoms with E-state index in [9.17, 15) is 0 Å². The van der Waals surface area contributed by atoms with E-state index in [4.69, 9.17) is 4.74 Å². The largest absolute Gasteiger partial charge is 0.372 e. The van der Waals surface area contributed by atoms with Crippen LogP contribution in [0.3, 0.4) is 0 Å². The highest BCUT2D eigenvalue weighted by Gasteiger charge is 2.17. The zero-order valence-electron chi connectivity index (χ0n) is 7.25. The molecule has 1 aliphatic rings. The summed E-state index contributed by atoms with van der Waals surface area (Å²) in [5.74, 6) is 0. The van der Waals surface area contributed by atoms with Crippen molar-refractivity contribution < 1.29 is 4.74 Å². The lowest BCUT2D eigenvalue weighted by Crippen LogP contribution is -2.21. The fourth-order valence-corrected chi connectivity index (χ4v) is 1.81. The molecule has 2 nitrogen and oxygen atoms in total. The molecule has 0 unspecified atom stereocenters. The first kappa shape index (κ1) is 8.20. The Labute approximate surface area is 76.6 Å². The van der Waals surface area contributed by atoms with E-state index < -0.39 is 0 Å². The van der Waals surface area contributed by atoms with E-state index in [2.05, 4.69) is 10.4 Å². The van der Waals surface area contributed by atoms with Gasteiger partial charge in [0.2, 0.25) is 0 Å². The lowest BCUT2D eigenvalue weighted by atomic mass is 9.96. The molecule has 0 amide bonds. The van der Waals surface area contributed by atoms with E-state index in [1.807, 2.05) is 6.92 Å². The smallest absolute Gasteiger partial charge is 0.0900 e. The number of aryl methyl sites for hydroxylation is 1. The molecule has 1 saturated carbocycles. The van der Waals surface area contributed by atoms with E-state index >= 15 is 0 Å². The maximum atomic E-state index is 5.62. The van der Waals surface area contributed by atoms with Gasteiger partial charge in [-0.3, -0.25) is 0 Å². The molecule has 0 bridgehead atoms. The number of rotatable bonds is 3. The lowest BCUT2D eigenvalue weighted by Gasteiger charge is -2.24. The molecule has 0 atom stereocenters. The van der Waals surface area contributed by atoms with E-state index in [0.29, 0.717) is 12.7 Å². The van der Waals surface area contributed by atoms with Crippen LogP contribution >= 0.6 is 11.3 Å². The Kier molecular flexibility index (Phi) is 2.42. The molecule has 1 aromatic rings. The van der Waals surface area contributed by atoms with Crippen LogP contribution in [0.15, 0.2) is 5.38 Å². The minimum Gasteiger partial charge on any atom is -0.372 e. The molecule has 3 heteroatoms. The molecular weight excluding hydrogens is 170 g/mol. The first-order valence-electron chi connectivity index (χ1n) is 4.37. The van der Waals surface area contributed by atoms with Gasteiger partial charge in [-0.2, -0.15) is 0 Å². The van der Waals surface area contributed by atoms with Gasteiger partial charge in [-0.25, -0.2) is 4.98 Å². The van der Waals surface area contributed by atoms with E-state index in [0.717, 1.165) is 10.7 Å². The van der Waals surface area contributed by atoms with E-state index in [-0.39, 0.29) is 0 Å². The fraction of sp³-hybridized carbons (Fsp3) is 0.667. The second kappa shape index (κ2) is 3.54. The number of thiazole rings is 1. The average molecular weight is 183 g/mol. The van der Waals surface area contributed by atoms with Crippen LogP contribution in [0.25, 0.3) is 0 Å². The fourth-order valence-electron chi connectivity index (χ4n) is 1.22. The average Bonchev–Trinajstić information content (AvgIpc) is 2.32. The van der Waals surface area contributed by atoms with Gasteiger partial charge < -0.3 is 4.74 Å². The normalized spacial score (nSPS) is 17.8. The van der Waals surface area contributed by atoms with Crippen LogP contribution in [0, 0.1) is 6.92 Å². The number of ether oxygens (including phenoxy) is 1. The van der Waals surface area contributed by atoms with Gasteiger partial charge in [0.05, 0.1) is 23.4 Å². The molecule has 0 N–H and O–H groups in total. The SMILES string of the molecule is Cc1nc(COC2CCC2)cs1. The number of hydrogen-bond donors (Lipinski definition) is 0. The monoisotopic (exact) mass is 183 g/mol. The number of aromatic nitrogens is 1. The van der Waals surface area contributed by atoms with Crippen molar-refractivity contribution in [2.45, 2.75) is 38.9 Å². The van der Waals surface area contributed by atoms with Crippen LogP contribution in [0.5, 0.6) is 0 Å². The lowest BCUT2D eigenvalue weighted by molar-refractivity contribution is -0.00991. The van der Waals surface area contributed by atoms with Crippen molar-refractivity contribution in [3.63, 3.8) is 0 Å². The molecule has 1 aliphatic carbocycles. The summed E-state index contributed by atoms with van der Waals surface area (Å²) >= 11 is 1.69. The van der Waals surface area contributed by atoms with Crippen molar-refractivity contribution in [3.8, 4) is 0 Å². The first-order chi connectivity index (χ1) is 5.84. The van der Waals surface area contributed by atoms with Gasteiger partial charge in [-0.15, -0.1) is 11.3 Å². The van der Waals surface area contributed by atoms with Gasteiger partial charge in [0.15, 0.2) is 0 Å². The second-order valence-corrected chi connectivity index (χ2v) is 4.28. The zero-order valence-corrected chi connectivity index (χ0v) is 8.06. The third kappa shape index (κ3) is 1.84. The Morgan fingerprint density at radius 2 is 2.50 bits per heavy atom. The minimum atomic E-state index is 0.520. The predicted molar refractivity (Wildman–Crippen MR) is 49.3 cm³/mol. The summed E-state index contributed by atoms with van der Waals surface area (Å²) in [5, 5.41) is 3.20. The zero-order chi connectivity index (χ0) is 8.39. The summed E-state index contributed by atoms with van der Waals surface area (Å²) in [7, 11) is 0. The van der Waals surface area contributed by atoms with Crippen LogP contribution in [-0.4, -0.2) is 11.1 Å². The summed E-state index contributed by atoms with van der Waals surface area (Å²) in [5.41, 5.74) is 1.09. The molecule has 0 saturated heterocycles. The van der Waals surface area contributed by atoms with Crippen molar-refractivity contribution in [2.75, 3.05) is 0 Å². The summed E-state index contributed by atoms with van der Waals surface area (Å²) in [6.45, 7) is 2.73. The van der Waals surface area contributed by atoms with Gasteiger partial charge in [0, 0.05) is 5.38 Å². The van der Waals surface area contributed by atoms with Gasteiger partial charge in [0.1, 0.15) is 0 Å². The topological polar surface area (TPSA) is 22.1 Å². The highest BCUT2D eigenvalue weighted by Crippen LogP contribution is 2.23. The van der Waals surface area contributed by atoms with Crippen LogP contribution in [0.1, 0.15) is 30.0 Å². The van der Waals surface area contributed by atoms with Crippen LogP contribution in [0.4, 0.5) is 0 Å². The molecule has 66 valence electrons. The molecule has 0 aromatic carbocycles. The highest BCUT2D eigenvalue weighted by molar-refractivity contribution is 7.09. The van der Waals surface area contributed by atoms with Gasteiger partial charge in [0.25, 0.3) is 0 Å². The van der Waals surface area contributed by atoms with Crippen LogP contribution < -0.4 is 0 Å². The standard InChI is InChI=1S/C9H13NOS/c1-7-10-8(6-12-7)5-11-9-3-2-4-9/h6,9H,2-5H2,1H3. The first-order valence-corrected chi connectivity index (χ1v) is 5.25. The Morgan fingerprint density at radius 3 is 3.00 bits per heavy atom. The molecule has 1 heterocycles. The van der Waals surface area contributed by atoms with Crippen molar-refractivity contribution in [1.29, 1.82) is 0 Å². The van der Waals surface area contributed by atoms with Gasteiger partial charge >= 0.3 is 0 Å². The summed E-state index contributed by atoms with van der Waals surface area (Å²) in [6.07, 6.45) is 4.33. The van der Waals surface area contributed by atoms with Gasteiger partial charge in [-0.05, 0) is 26.2 Å². The summed E-state index contributed by atoms with van der Waals surface area (Å²) < 4.78 is 5.62. The second-order valence-electron chi connectivity index (χ2n) is 3.22. The Bertz CT molecular complexity index is 255. The van der Waals surface area contributed by atoms with Crippen LogP contribution in [0.2, 0.25) is 0 Å². The number of nitrogens with zero attached hydrogens (tertiary/aromatic N) is 1. The highest BCUT2D eigenvalue weighted by atomic mass is 32.1. The molecule has 12 heavy (non-hydrogen) atoms. The van der Waals surface area contributed by atoms with E-state index in [1.165, 1.54) is 19.3 Å². The quantitative estimate of drug-likeness (QED) is 0.718. The molecule has 1 aromatic heterocycles. The number of hydrogen-bond acceptors (Lipinski definition) is 3. The molecule has 0 radical (unpaired) electrons. The Balaban J connectivity index is 1.79. The summed E-state index contributed by atoms with van der Waals surface area (Å²) in [4.78, 5) is 4.33. The molecule has 2 rings (SSSR count). The molecule has 1 fully saturated rings. The Morgan fingerprint density at radius 1 is 1.67 bits per heavy atom. The molecular formula is C9H13NOS. The van der Waals surface area contributed by atoms with Crippen molar-refractivity contribution in [3.05, 3.63) is 16.1 Å². The molecule has 0 spiro atoms. The Hall–Kier alpha value is -0.410. The minimum absolute atomic E-state index is 0.520. The maximum Gasteiger partial charge on any atom is 0.0900 e. The van der Waals surface area contributed by atoms with Crippen molar-refractivity contribution in [1.82, 2.24) is 4.98 Å². The van der Waals surface area contributed by atoms with Crippen molar-refractivity contribution >= 4 is 11.3 Å². The van der Waals surface area contributed by atoms with E-state index in [1.54, 1.807) is 11.3 Å². The summed E-state index contributed by atoms with van der Waals surface area (Å²) in [6, 6.07) is 0. The van der Waals surface area contributed by atoms with Crippen molar-refractivity contribution in [2.24, 2.45) is 0 Å².